The summed E-state index contributed by atoms with van der Waals surface area (Å²) in [7, 11) is 0. The van der Waals surface area contributed by atoms with Gasteiger partial charge in [-0.15, -0.1) is 0 Å². The summed E-state index contributed by atoms with van der Waals surface area (Å²) < 4.78 is 113. The van der Waals surface area contributed by atoms with Gasteiger partial charge in [0, 0.05) is 18.8 Å². The molecule has 0 saturated carbocycles. The van der Waals surface area contributed by atoms with Crippen LogP contribution >= 0.6 is 0 Å². The quantitative estimate of drug-likeness (QED) is 0.264. The first-order valence-electron chi connectivity index (χ1n) is 10.8. The van der Waals surface area contributed by atoms with Crippen LogP contribution in [-0.4, -0.2) is 36.5 Å². The van der Waals surface area contributed by atoms with E-state index < -0.39 is 42.8 Å². The van der Waals surface area contributed by atoms with E-state index in [2.05, 4.69) is 4.74 Å². The number of anilines is 1. The smallest absolute Gasteiger partial charge is 0.457 e. The van der Waals surface area contributed by atoms with E-state index in [4.69, 9.17) is 4.74 Å². The summed E-state index contributed by atoms with van der Waals surface area (Å²) in [6.07, 6.45) is -16.9. The molecular formula is C25H21F8NO3. The minimum absolute atomic E-state index is 0.125. The average Bonchev–Trinajstić information content (AvgIpc) is 2.83. The Kier molecular flexibility index (Phi) is 8.85. The first kappa shape index (κ1) is 28.0. The fourth-order valence-corrected chi connectivity index (χ4v) is 3.23. The lowest BCUT2D eigenvalue weighted by Gasteiger charge is -2.27. The molecule has 1 unspecified atom stereocenters. The molecule has 12 heteroatoms. The zero-order valence-electron chi connectivity index (χ0n) is 18.9. The number of ether oxygens (including phenoxy) is 2. The van der Waals surface area contributed by atoms with Crippen molar-refractivity contribution < 1.29 is 49.7 Å². The topological polar surface area (TPSA) is 41.9 Å². The molecule has 3 aromatic rings. The number of nitrogens with zero attached hydrogens (tertiary/aromatic N) is 1. The summed E-state index contributed by atoms with van der Waals surface area (Å²) in [5.74, 6) is -0.320. The van der Waals surface area contributed by atoms with Crippen LogP contribution < -0.4 is 14.4 Å². The van der Waals surface area contributed by atoms with Crippen LogP contribution in [-0.2, 0) is 6.54 Å². The number of aliphatic hydroxyl groups is 1. The molecule has 0 fully saturated rings. The predicted octanol–water partition coefficient (Wildman–Crippen LogP) is 7.17. The highest BCUT2D eigenvalue weighted by Gasteiger charge is 2.44. The van der Waals surface area contributed by atoms with Crippen molar-refractivity contribution >= 4 is 5.69 Å². The summed E-state index contributed by atoms with van der Waals surface area (Å²) in [5.41, 5.74) is 0.667. The van der Waals surface area contributed by atoms with E-state index >= 15 is 0 Å². The van der Waals surface area contributed by atoms with Crippen LogP contribution in [0.25, 0.3) is 0 Å². The molecule has 4 nitrogen and oxygen atoms in total. The summed E-state index contributed by atoms with van der Waals surface area (Å²) in [6.45, 7) is -0.419. The van der Waals surface area contributed by atoms with Crippen molar-refractivity contribution in [1.29, 1.82) is 0 Å². The number of hydrogen-bond donors (Lipinski definition) is 1. The van der Waals surface area contributed by atoms with E-state index in [-0.39, 0.29) is 18.7 Å². The largest absolute Gasteiger partial charge is 0.461 e. The second-order valence-corrected chi connectivity index (χ2v) is 7.93. The fourth-order valence-electron chi connectivity index (χ4n) is 3.23. The molecule has 0 amide bonds. The lowest BCUT2D eigenvalue weighted by molar-refractivity contribution is -0.253. The highest BCUT2D eigenvalue weighted by atomic mass is 19.4. The summed E-state index contributed by atoms with van der Waals surface area (Å²) in [6, 6.07) is 16.1. The molecule has 3 aromatic carbocycles. The van der Waals surface area contributed by atoms with Crippen LogP contribution in [0.15, 0.2) is 72.8 Å². The van der Waals surface area contributed by atoms with Gasteiger partial charge in [-0.2, -0.15) is 30.7 Å². The maximum absolute atomic E-state index is 13.3. The standard InChI is InChI=1S/C25H21F8NO3/c26-17-4-8-19(9-5-17)36-20-10-6-18(7-11-20)34(13-12-22(35)24(29,30)31)15-16-2-1-3-21(14-16)37-25(32,33)23(27)28/h1-11,14,22-23,35H,12-13,15H2. The Labute approximate surface area is 206 Å². The third kappa shape index (κ3) is 8.24. The molecule has 0 aliphatic carbocycles. The molecule has 0 radical (unpaired) electrons. The van der Waals surface area contributed by atoms with E-state index in [0.717, 1.165) is 12.1 Å². The Morgan fingerprint density at radius 1 is 0.811 bits per heavy atom. The van der Waals surface area contributed by atoms with Crippen LogP contribution in [0.3, 0.4) is 0 Å². The zero-order chi connectivity index (χ0) is 27.2. The SMILES string of the molecule is OC(CCN(Cc1cccc(OC(F)(F)C(F)F)c1)c1ccc(Oc2ccc(F)cc2)cc1)C(F)(F)F. The zero-order valence-corrected chi connectivity index (χ0v) is 18.9. The molecule has 1 N–H and O–H groups in total. The number of benzene rings is 3. The Balaban J connectivity index is 1.79. The molecular weight excluding hydrogens is 514 g/mol. The normalized spacial score (nSPS) is 12.9. The Bertz CT molecular complexity index is 1140. The van der Waals surface area contributed by atoms with Crippen molar-refractivity contribution in [2.45, 2.75) is 37.8 Å². The van der Waals surface area contributed by atoms with Crippen molar-refractivity contribution in [3.05, 3.63) is 84.2 Å². The first-order valence-corrected chi connectivity index (χ1v) is 10.8. The minimum Gasteiger partial charge on any atom is -0.457 e. The molecule has 3 rings (SSSR count). The molecule has 0 heterocycles. The van der Waals surface area contributed by atoms with E-state index in [1.54, 1.807) is 0 Å². The van der Waals surface area contributed by atoms with Gasteiger partial charge in [0.25, 0.3) is 0 Å². The second kappa shape index (κ2) is 11.7. The maximum Gasteiger partial charge on any atom is 0.461 e. The molecule has 0 spiro atoms. The lowest BCUT2D eigenvalue weighted by Crippen LogP contribution is -2.34. The highest BCUT2D eigenvalue weighted by Crippen LogP contribution is 2.30. The molecule has 0 aliphatic heterocycles. The predicted molar refractivity (Wildman–Crippen MR) is 119 cm³/mol. The fraction of sp³-hybridized carbons (Fsp3) is 0.280. The van der Waals surface area contributed by atoms with Crippen LogP contribution in [0.1, 0.15) is 12.0 Å². The number of rotatable bonds is 11. The van der Waals surface area contributed by atoms with Gasteiger partial charge in [0.1, 0.15) is 23.1 Å². The van der Waals surface area contributed by atoms with Crippen LogP contribution in [0, 0.1) is 5.82 Å². The molecule has 0 aromatic heterocycles. The van der Waals surface area contributed by atoms with E-state index in [0.29, 0.717) is 17.2 Å². The number of halogens is 8. The van der Waals surface area contributed by atoms with Gasteiger partial charge < -0.3 is 19.5 Å². The number of aliphatic hydroxyl groups excluding tert-OH is 1. The van der Waals surface area contributed by atoms with Crippen molar-refractivity contribution in [2.24, 2.45) is 0 Å². The number of hydrogen-bond acceptors (Lipinski definition) is 4. The lowest BCUT2D eigenvalue weighted by atomic mass is 10.1. The summed E-state index contributed by atoms with van der Waals surface area (Å²) >= 11 is 0. The van der Waals surface area contributed by atoms with Gasteiger partial charge in [-0.3, -0.25) is 0 Å². The highest BCUT2D eigenvalue weighted by molar-refractivity contribution is 5.50. The van der Waals surface area contributed by atoms with Gasteiger partial charge in [0.15, 0.2) is 6.10 Å². The van der Waals surface area contributed by atoms with Gasteiger partial charge in [-0.25, -0.2) is 4.39 Å². The number of alkyl halides is 7. The van der Waals surface area contributed by atoms with Gasteiger partial charge >= 0.3 is 18.7 Å². The molecule has 0 aliphatic rings. The molecule has 0 bridgehead atoms. The third-order valence-electron chi connectivity index (χ3n) is 5.08. The van der Waals surface area contributed by atoms with Crippen molar-refractivity contribution in [3.63, 3.8) is 0 Å². The summed E-state index contributed by atoms with van der Waals surface area (Å²) in [4.78, 5) is 1.43. The van der Waals surface area contributed by atoms with E-state index in [1.807, 2.05) is 0 Å². The monoisotopic (exact) mass is 535 g/mol. The third-order valence-corrected chi connectivity index (χ3v) is 5.08. The minimum atomic E-state index is -4.84. The van der Waals surface area contributed by atoms with Crippen LogP contribution in [0.2, 0.25) is 0 Å². The van der Waals surface area contributed by atoms with Gasteiger partial charge in [-0.1, -0.05) is 12.1 Å². The van der Waals surface area contributed by atoms with Gasteiger partial charge in [-0.05, 0) is 72.6 Å². The Hall–Kier alpha value is -3.54. The molecule has 37 heavy (non-hydrogen) atoms. The van der Waals surface area contributed by atoms with Crippen molar-refractivity contribution in [1.82, 2.24) is 0 Å². The summed E-state index contributed by atoms with van der Waals surface area (Å²) in [5, 5.41) is 9.43. The van der Waals surface area contributed by atoms with Gasteiger partial charge in [0.05, 0.1) is 0 Å². The van der Waals surface area contributed by atoms with Crippen LogP contribution in [0.4, 0.5) is 40.8 Å². The van der Waals surface area contributed by atoms with Crippen LogP contribution in [0.5, 0.6) is 17.2 Å². The van der Waals surface area contributed by atoms with Gasteiger partial charge in [0.2, 0.25) is 0 Å². The van der Waals surface area contributed by atoms with E-state index in [1.165, 1.54) is 65.6 Å². The molecule has 1 atom stereocenters. The second-order valence-electron chi connectivity index (χ2n) is 7.93. The molecule has 200 valence electrons. The maximum atomic E-state index is 13.3. The van der Waals surface area contributed by atoms with E-state index in [9.17, 15) is 40.2 Å². The van der Waals surface area contributed by atoms with Crippen molar-refractivity contribution in [2.75, 3.05) is 11.4 Å². The average molecular weight is 535 g/mol. The van der Waals surface area contributed by atoms with Crippen molar-refractivity contribution in [3.8, 4) is 17.2 Å². The Morgan fingerprint density at radius 3 is 1.97 bits per heavy atom. The Morgan fingerprint density at radius 2 is 1.41 bits per heavy atom. The first-order chi connectivity index (χ1) is 17.3. The molecule has 0 saturated heterocycles.